The van der Waals surface area contributed by atoms with E-state index in [1.807, 2.05) is 0 Å². The highest BCUT2D eigenvalue weighted by atomic mass is 19.4. The van der Waals surface area contributed by atoms with Gasteiger partial charge in [0, 0.05) is 43.2 Å². The van der Waals surface area contributed by atoms with Crippen molar-refractivity contribution in [2.24, 2.45) is 0 Å². The maximum atomic E-state index is 13.5. The van der Waals surface area contributed by atoms with Gasteiger partial charge in [-0.1, -0.05) is 6.92 Å². The first-order valence-electron chi connectivity index (χ1n) is 9.42. The maximum absolute atomic E-state index is 13.5. The largest absolute Gasteiger partial charge is 0.467 e. The fraction of sp³-hybridized carbons (Fsp3) is 0.421. The van der Waals surface area contributed by atoms with Crippen LogP contribution in [0.1, 0.15) is 46.7 Å². The van der Waals surface area contributed by atoms with Gasteiger partial charge in [0.15, 0.2) is 5.65 Å². The van der Waals surface area contributed by atoms with Crippen LogP contribution in [0.5, 0.6) is 6.01 Å². The lowest BCUT2D eigenvalue weighted by Crippen LogP contribution is -2.28. The van der Waals surface area contributed by atoms with E-state index in [0.717, 1.165) is 10.6 Å². The number of methoxy groups -OCH3 is 1. The zero-order valence-electron chi connectivity index (χ0n) is 16.3. The Morgan fingerprint density at radius 2 is 2.00 bits per heavy atom. The first-order chi connectivity index (χ1) is 14.3. The first kappa shape index (κ1) is 20.0. The molecular formula is C19H19F3N6O2. The van der Waals surface area contributed by atoms with Gasteiger partial charge in [0.25, 0.3) is 5.91 Å². The van der Waals surface area contributed by atoms with Gasteiger partial charge in [-0.15, -0.1) is 0 Å². The molecule has 3 aromatic rings. The smallest absolute Gasteiger partial charge is 0.433 e. The number of hydrogen-bond acceptors (Lipinski definition) is 6. The highest BCUT2D eigenvalue weighted by molar-refractivity contribution is 5.93. The fourth-order valence-corrected chi connectivity index (χ4v) is 3.53. The van der Waals surface area contributed by atoms with Crippen LogP contribution in [0.15, 0.2) is 24.5 Å². The van der Waals surface area contributed by atoms with Crippen molar-refractivity contribution in [3.05, 3.63) is 47.2 Å². The first-order valence-corrected chi connectivity index (χ1v) is 9.42. The van der Waals surface area contributed by atoms with Crippen molar-refractivity contribution < 1.29 is 22.7 Å². The van der Waals surface area contributed by atoms with Crippen molar-refractivity contribution in [2.45, 2.75) is 31.9 Å². The van der Waals surface area contributed by atoms with Crippen molar-refractivity contribution in [3.8, 4) is 6.01 Å². The summed E-state index contributed by atoms with van der Waals surface area (Å²) in [6, 6.07) is 2.76. The van der Waals surface area contributed by atoms with E-state index in [1.165, 1.54) is 19.5 Å². The van der Waals surface area contributed by atoms with E-state index in [0.29, 0.717) is 42.9 Å². The predicted octanol–water partition coefficient (Wildman–Crippen LogP) is 2.74. The molecule has 158 valence electrons. The number of amides is 1. The van der Waals surface area contributed by atoms with Crippen LogP contribution in [0.25, 0.3) is 5.65 Å². The van der Waals surface area contributed by atoms with Gasteiger partial charge in [-0.2, -0.15) is 18.3 Å². The molecule has 4 rings (SSSR count). The molecule has 30 heavy (non-hydrogen) atoms. The molecule has 11 heteroatoms. The normalized spacial score (nSPS) is 17.0. The molecule has 0 saturated carbocycles. The van der Waals surface area contributed by atoms with Crippen LogP contribution in [0, 0.1) is 0 Å². The molecule has 4 heterocycles. The second-order valence-corrected chi connectivity index (χ2v) is 7.02. The minimum absolute atomic E-state index is 0.157. The van der Waals surface area contributed by atoms with E-state index in [4.69, 9.17) is 4.74 Å². The number of alkyl halides is 3. The monoisotopic (exact) mass is 420 g/mol. The molecule has 3 aromatic heterocycles. The second kappa shape index (κ2) is 7.54. The number of rotatable bonds is 4. The van der Waals surface area contributed by atoms with Crippen molar-refractivity contribution in [2.75, 3.05) is 20.2 Å². The molecule has 8 nitrogen and oxygen atoms in total. The Morgan fingerprint density at radius 3 is 2.63 bits per heavy atom. The summed E-state index contributed by atoms with van der Waals surface area (Å²) in [4.78, 5) is 26.4. The molecule has 0 radical (unpaired) electrons. The van der Waals surface area contributed by atoms with Gasteiger partial charge in [-0.25, -0.2) is 19.5 Å². The molecule has 0 aliphatic carbocycles. The van der Waals surface area contributed by atoms with Crippen LogP contribution in [0.3, 0.4) is 0 Å². The van der Waals surface area contributed by atoms with Gasteiger partial charge in [0.1, 0.15) is 5.69 Å². The predicted molar refractivity (Wildman–Crippen MR) is 99.2 cm³/mol. The van der Waals surface area contributed by atoms with E-state index in [1.54, 1.807) is 17.9 Å². The maximum Gasteiger partial charge on any atom is 0.433 e. The number of aromatic nitrogens is 5. The third-order valence-electron chi connectivity index (χ3n) is 5.10. The summed E-state index contributed by atoms with van der Waals surface area (Å²) in [5.74, 6) is -0.424. The number of hydrogen-bond donors (Lipinski definition) is 0. The molecule has 0 unspecified atom stereocenters. The summed E-state index contributed by atoms with van der Waals surface area (Å²) in [5.41, 5.74) is 0.466. The number of carbonyl (C=O) groups excluding carboxylic acids is 1. The molecule has 1 saturated heterocycles. The summed E-state index contributed by atoms with van der Waals surface area (Å²) in [6.07, 6.45) is -0.790. The zero-order chi connectivity index (χ0) is 21.5. The van der Waals surface area contributed by atoms with Crippen molar-refractivity contribution in [1.29, 1.82) is 0 Å². The number of fused-ring (bicyclic) bond motifs is 1. The molecule has 1 atom stereocenters. The zero-order valence-corrected chi connectivity index (χ0v) is 16.3. The molecule has 1 fully saturated rings. The fourth-order valence-electron chi connectivity index (χ4n) is 3.53. The number of halogens is 3. The molecule has 0 N–H and O–H groups in total. The van der Waals surface area contributed by atoms with E-state index in [9.17, 15) is 18.0 Å². The van der Waals surface area contributed by atoms with Gasteiger partial charge < -0.3 is 9.64 Å². The lowest BCUT2D eigenvalue weighted by Gasteiger charge is -2.15. The third-order valence-corrected chi connectivity index (χ3v) is 5.10. The van der Waals surface area contributed by atoms with Crippen LogP contribution >= 0.6 is 0 Å². The highest BCUT2D eigenvalue weighted by Crippen LogP contribution is 2.32. The summed E-state index contributed by atoms with van der Waals surface area (Å²) in [5, 5.41) is 4.18. The molecule has 1 amide bonds. The van der Waals surface area contributed by atoms with E-state index in [-0.39, 0.29) is 23.5 Å². The van der Waals surface area contributed by atoms with Gasteiger partial charge in [-0.05, 0) is 18.9 Å². The molecule has 0 bridgehead atoms. The van der Waals surface area contributed by atoms with E-state index in [2.05, 4.69) is 20.1 Å². The topological polar surface area (TPSA) is 85.5 Å². The number of carbonyl (C=O) groups is 1. The van der Waals surface area contributed by atoms with Crippen molar-refractivity contribution >= 4 is 11.6 Å². The molecule has 1 aliphatic rings. The Hall–Kier alpha value is -3.24. The van der Waals surface area contributed by atoms with Crippen LogP contribution in [0.2, 0.25) is 0 Å². The number of aryl methyl sites for hydroxylation is 1. The Bertz CT molecular complexity index is 1080. The van der Waals surface area contributed by atoms with Crippen LogP contribution < -0.4 is 4.74 Å². The Morgan fingerprint density at radius 1 is 1.27 bits per heavy atom. The summed E-state index contributed by atoms with van der Waals surface area (Å²) in [7, 11) is 1.43. The molecule has 0 aromatic carbocycles. The quantitative estimate of drug-likeness (QED) is 0.645. The number of ether oxygens (including phenoxy) is 1. The van der Waals surface area contributed by atoms with E-state index < -0.39 is 11.9 Å². The van der Waals surface area contributed by atoms with Gasteiger partial charge in [0.2, 0.25) is 0 Å². The third kappa shape index (κ3) is 3.66. The van der Waals surface area contributed by atoms with Crippen LogP contribution in [-0.4, -0.2) is 55.6 Å². The van der Waals surface area contributed by atoms with Crippen molar-refractivity contribution in [1.82, 2.24) is 29.5 Å². The minimum Gasteiger partial charge on any atom is -0.467 e. The van der Waals surface area contributed by atoms with Crippen LogP contribution in [-0.2, 0) is 12.6 Å². The Labute approximate surface area is 169 Å². The van der Waals surface area contributed by atoms with Gasteiger partial charge in [-0.3, -0.25) is 4.79 Å². The van der Waals surface area contributed by atoms with Crippen LogP contribution in [0.4, 0.5) is 13.2 Å². The standard InChI is InChI=1S/C19H19F3N6O2/c1-3-13-6-15(19(20,21)22)28-16(25-13)7-14(26-28)11-4-5-27(10-11)17(29)12-8-23-18(30-2)24-9-12/h6-9,11H,3-5,10H2,1-2H3/t11-/m0/s1. The summed E-state index contributed by atoms with van der Waals surface area (Å²) in [6.45, 7) is 2.56. The average molecular weight is 420 g/mol. The van der Waals surface area contributed by atoms with Crippen molar-refractivity contribution in [3.63, 3.8) is 0 Å². The SMILES string of the molecule is CCc1cc(C(F)(F)F)n2nc([C@H]3CCN(C(=O)c4cnc(OC)nc4)C3)cc2n1. The Balaban J connectivity index is 1.58. The highest BCUT2D eigenvalue weighted by Gasteiger charge is 2.36. The number of nitrogens with zero attached hydrogens (tertiary/aromatic N) is 6. The molecule has 1 aliphatic heterocycles. The molecule has 0 spiro atoms. The second-order valence-electron chi connectivity index (χ2n) is 7.02. The lowest BCUT2D eigenvalue weighted by atomic mass is 10.1. The van der Waals surface area contributed by atoms with Gasteiger partial charge in [0.05, 0.1) is 18.4 Å². The Kier molecular flexibility index (Phi) is 5.04. The lowest BCUT2D eigenvalue weighted by molar-refractivity contribution is -0.142. The molecular weight excluding hydrogens is 401 g/mol. The van der Waals surface area contributed by atoms with E-state index >= 15 is 0 Å². The number of likely N-dealkylation sites (tertiary alicyclic amines) is 1. The summed E-state index contributed by atoms with van der Waals surface area (Å²) < 4.78 is 46.1. The average Bonchev–Trinajstić information content (AvgIpc) is 3.38. The minimum atomic E-state index is -4.54. The van der Waals surface area contributed by atoms with Gasteiger partial charge >= 0.3 is 12.2 Å². The summed E-state index contributed by atoms with van der Waals surface area (Å²) >= 11 is 0.